The molecule has 0 saturated heterocycles. The molecular formula is C30H35Cl2N3O5S. The highest BCUT2D eigenvalue weighted by Gasteiger charge is 2.32. The summed E-state index contributed by atoms with van der Waals surface area (Å²) in [5.41, 5.74) is 1.79. The van der Waals surface area contributed by atoms with Crippen LogP contribution in [0.4, 0.5) is 5.69 Å². The van der Waals surface area contributed by atoms with E-state index in [0.717, 1.165) is 28.3 Å². The molecule has 8 nitrogen and oxygen atoms in total. The van der Waals surface area contributed by atoms with Crippen molar-refractivity contribution in [2.24, 2.45) is 0 Å². The van der Waals surface area contributed by atoms with Crippen molar-refractivity contribution >= 4 is 50.7 Å². The van der Waals surface area contributed by atoms with E-state index in [9.17, 15) is 18.0 Å². The van der Waals surface area contributed by atoms with Crippen molar-refractivity contribution < 1.29 is 22.7 Å². The minimum atomic E-state index is -4.21. The molecule has 0 spiro atoms. The molecule has 3 rings (SSSR count). The minimum Gasteiger partial charge on any atom is -0.497 e. The van der Waals surface area contributed by atoms with Gasteiger partial charge in [0.1, 0.15) is 18.3 Å². The molecule has 0 aliphatic rings. The number of ether oxygens (including phenoxy) is 1. The summed E-state index contributed by atoms with van der Waals surface area (Å²) in [5.74, 6) is -0.254. The number of sulfonamides is 1. The number of rotatable bonds is 13. The van der Waals surface area contributed by atoms with E-state index in [2.05, 4.69) is 5.32 Å². The van der Waals surface area contributed by atoms with Gasteiger partial charge in [-0.3, -0.25) is 13.9 Å². The third-order valence-electron chi connectivity index (χ3n) is 6.59. The van der Waals surface area contributed by atoms with E-state index < -0.39 is 28.5 Å². The Morgan fingerprint density at radius 1 is 0.976 bits per heavy atom. The van der Waals surface area contributed by atoms with Gasteiger partial charge in [0.2, 0.25) is 11.8 Å². The molecule has 0 aliphatic heterocycles. The number of unbranched alkanes of at least 4 members (excludes halogenated alkanes) is 1. The molecule has 0 radical (unpaired) electrons. The number of carbonyl (C=O) groups is 2. The number of hydrogen-bond donors (Lipinski definition) is 1. The van der Waals surface area contributed by atoms with E-state index >= 15 is 0 Å². The molecular weight excluding hydrogens is 585 g/mol. The molecule has 1 atom stereocenters. The Labute approximate surface area is 252 Å². The van der Waals surface area contributed by atoms with E-state index in [1.807, 2.05) is 13.8 Å². The molecule has 0 aromatic heterocycles. The first-order valence-electron chi connectivity index (χ1n) is 13.2. The van der Waals surface area contributed by atoms with Gasteiger partial charge in [0.25, 0.3) is 10.0 Å². The average Bonchev–Trinajstić information content (AvgIpc) is 2.96. The van der Waals surface area contributed by atoms with Crippen LogP contribution in [-0.2, 0) is 26.2 Å². The fourth-order valence-corrected chi connectivity index (χ4v) is 5.75. The van der Waals surface area contributed by atoms with Gasteiger partial charge in [0.15, 0.2) is 0 Å². The monoisotopic (exact) mass is 619 g/mol. The van der Waals surface area contributed by atoms with Crippen molar-refractivity contribution in [3.63, 3.8) is 0 Å². The van der Waals surface area contributed by atoms with Gasteiger partial charge in [-0.15, -0.1) is 0 Å². The number of halogens is 2. The lowest BCUT2D eigenvalue weighted by atomic mass is 10.1. The molecule has 0 saturated carbocycles. The normalized spacial score (nSPS) is 12.0. The van der Waals surface area contributed by atoms with Crippen LogP contribution < -0.4 is 14.4 Å². The molecule has 0 aliphatic carbocycles. The Hall–Kier alpha value is -3.27. The number of nitrogens with zero attached hydrogens (tertiary/aromatic N) is 2. The van der Waals surface area contributed by atoms with Crippen molar-refractivity contribution in [1.82, 2.24) is 10.2 Å². The highest BCUT2D eigenvalue weighted by Crippen LogP contribution is 2.31. The zero-order valence-corrected chi connectivity index (χ0v) is 25.9. The fourth-order valence-electron chi connectivity index (χ4n) is 4.05. The van der Waals surface area contributed by atoms with Gasteiger partial charge in [-0.2, -0.15) is 0 Å². The van der Waals surface area contributed by atoms with Crippen molar-refractivity contribution in [2.75, 3.05) is 24.5 Å². The van der Waals surface area contributed by atoms with Crippen LogP contribution in [0.5, 0.6) is 5.75 Å². The summed E-state index contributed by atoms with van der Waals surface area (Å²) in [7, 11) is -2.65. The number of amides is 2. The molecule has 41 heavy (non-hydrogen) atoms. The maximum atomic E-state index is 14.0. The Kier molecular flexibility index (Phi) is 11.5. The molecule has 2 amide bonds. The van der Waals surface area contributed by atoms with Crippen molar-refractivity contribution in [1.29, 1.82) is 0 Å². The molecule has 3 aromatic carbocycles. The van der Waals surface area contributed by atoms with E-state index in [1.54, 1.807) is 50.4 Å². The Morgan fingerprint density at radius 2 is 1.63 bits per heavy atom. The zero-order valence-electron chi connectivity index (χ0n) is 23.6. The lowest BCUT2D eigenvalue weighted by Crippen LogP contribution is -2.51. The lowest BCUT2D eigenvalue weighted by molar-refractivity contribution is -0.139. The predicted molar refractivity (Wildman–Crippen MR) is 163 cm³/mol. The topological polar surface area (TPSA) is 96.0 Å². The van der Waals surface area contributed by atoms with Gasteiger partial charge in [0, 0.05) is 13.1 Å². The first-order chi connectivity index (χ1) is 19.5. The Bertz CT molecular complexity index is 1450. The van der Waals surface area contributed by atoms with Crippen LogP contribution in [0, 0.1) is 6.92 Å². The highest BCUT2D eigenvalue weighted by atomic mass is 35.5. The van der Waals surface area contributed by atoms with Crippen molar-refractivity contribution in [3.8, 4) is 5.75 Å². The number of nitrogens with one attached hydrogen (secondary N) is 1. The number of aryl methyl sites for hydroxylation is 1. The second kappa shape index (κ2) is 14.6. The SMILES string of the molecule is CCCCNC(=O)[C@@H](C)N(Cc1ccc(OC)cc1)C(=O)CN(c1ccc(Cl)c(Cl)c1)S(=O)(=O)c1ccc(C)cc1. The van der Waals surface area contributed by atoms with Gasteiger partial charge in [-0.1, -0.05) is 66.4 Å². The quantitative estimate of drug-likeness (QED) is 0.243. The van der Waals surface area contributed by atoms with Gasteiger partial charge < -0.3 is 15.0 Å². The van der Waals surface area contributed by atoms with Gasteiger partial charge in [-0.05, 0) is 68.3 Å². The standard InChI is InChI=1S/C30H35Cl2N3O5S/c1-5-6-17-33-30(37)22(3)34(19-23-9-12-25(40-4)13-10-23)29(36)20-35(24-11-16-27(31)28(32)18-24)41(38,39)26-14-7-21(2)8-15-26/h7-16,18,22H,5-6,17,19-20H2,1-4H3,(H,33,37)/t22-/m1/s1. The van der Waals surface area contributed by atoms with Crippen LogP contribution in [0.25, 0.3) is 0 Å². The second-order valence-electron chi connectivity index (χ2n) is 9.61. The lowest BCUT2D eigenvalue weighted by Gasteiger charge is -2.32. The van der Waals surface area contributed by atoms with Crippen molar-refractivity contribution in [2.45, 2.75) is 51.1 Å². The summed E-state index contributed by atoms with van der Waals surface area (Å²) in [5, 5.41) is 3.25. The van der Waals surface area contributed by atoms with Crippen LogP contribution in [0.1, 0.15) is 37.8 Å². The Morgan fingerprint density at radius 3 is 2.22 bits per heavy atom. The smallest absolute Gasteiger partial charge is 0.264 e. The van der Waals surface area contributed by atoms with Gasteiger partial charge >= 0.3 is 0 Å². The highest BCUT2D eigenvalue weighted by molar-refractivity contribution is 7.92. The summed E-state index contributed by atoms with van der Waals surface area (Å²) in [4.78, 5) is 28.4. The largest absolute Gasteiger partial charge is 0.497 e. The number of carbonyl (C=O) groups excluding carboxylic acids is 2. The first kappa shape index (κ1) is 32.2. The van der Waals surface area contributed by atoms with E-state index in [-0.39, 0.29) is 33.1 Å². The van der Waals surface area contributed by atoms with Crippen LogP contribution in [0.3, 0.4) is 0 Å². The summed E-state index contributed by atoms with van der Waals surface area (Å²) in [6.45, 7) is 5.46. The molecule has 0 bridgehead atoms. The third kappa shape index (κ3) is 8.38. The molecule has 11 heteroatoms. The number of anilines is 1. The molecule has 0 fully saturated rings. The van der Waals surface area contributed by atoms with Crippen LogP contribution >= 0.6 is 23.2 Å². The molecule has 1 N–H and O–H groups in total. The maximum Gasteiger partial charge on any atom is 0.264 e. The summed E-state index contributed by atoms with van der Waals surface area (Å²) in [6, 6.07) is 16.9. The summed E-state index contributed by atoms with van der Waals surface area (Å²) < 4.78 is 34.0. The van der Waals surface area contributed by atoms with Gasteiger partial charge in [0.05, 0.1) is 27.7 Å². The minimum absolute atomic E-state index is 0.00836. The van der Waals surface area contributed by atoms with Crippen LogP contribution in [0.15, 0.2) is 71.6 Å². The molecule has 0 unspecified atom stereocenters. The van der Waals surface area contributed by atoms with E-state index in [0.29, 0.717) is 12.3 Å². The number of benzene rings is 3. The molecule has 0 heterocycles. The predicted octanol–water partition coefficient (Wildman–Crippen LogP) is 5.84. The first-order valence-corrected chi connectivity index (χ1v) is 15.4. The van der Waals surface area contributed by atoms with Crippen LogP contribution in [0.2, 0.25) is 10.0 Å². The molecule has 3 aromatic rings. The van der Waals surface area contributed by atoms with E-state index in [1.165, 1.54) is 35.2 Å². The summed E-state index contributed by atoms with van der Waals surface area (Å²) >= 11 is 12.3. The van der Waals surface area contributed by atoms with E-state index in [4.69, 9.17) is 27.9 Å². The second-order valence-corrected chi connectivity index (χ2v) is 12.3. The average molecular weight is 621 g/mol. The van der Waals surface area contributed by atoms with Crippen molar-refractivity contribution in [3.05, 3.63) is 87.9 Å². The fraction of sp³-hybridized carbons (Fsp3) is 0.333. The number of hydrogen-bond acceptors (Lipinski definition) is 5. The van der Waals surface area contributed by atoms with Gasteiger partial charge in [-0.25, -0.2) is 8.42 Å². The maximum absolute atomic E-state index is 14.0. The third-order valence-corrected chi connectivity index (χ3v) is 9.11. The summed E-state index contributed by atoms with van der Waals surface area (Å²) in [6.07, 6.45) is 1.70. The zero-order chi connectivity index (χ0) is 30.2. The van der Waals surface area contributed by atoms with Crippen LogP contribution in [-0.4, -0.2) is 51.4 Å². The molecule has 220 valence electrons. The Balaban J connectivity index is 2.02. The number of methoxy groups -OCH3 is 1.